The van der Waals surface area contributed by atoms with E-state index >= 15 is 0 Å². The Morgan fingerprint density at radius 3 is 2.95 bits per heavy atom. The Morgan fingerprint density at radius 2 is 2.16 bits per heavy atom. The van der Waals surface area contributed by atoms with E-state index < -0.39 is 0 Å². The molecule has 0 saturated heterocycles. The highest BCUT2D eigenvalue weighted by molar-refractivity contribution is 7.98. The first-order chi connectivity index (χ1) is 9.24. The number of fused-ring (bicyclic) bond motifs is 1. The zero-order chi connectivity index (χ0) is 13.2. The van der Waals surface area contributed by atoms with Gasteiger partial charge in [0.2, 0.25) is 5.96 Å². The summed E-state index contributed by atoms with van der Waals surface area (Å²) in [6, 6.07) is 10.3. The van der Waals surface area contributed by atoms with Crippen molar-refractivity contribution in [2.45, 2.75) is 4.90 Å². The minimum atomic E-state index is -0.259. The standard InChI is InChI=1S/C13H11FN4S/c1-18(12-4-2-3-7-15-12)13-16-10-6-5-9(14)8-11(10)19-17-13/h2-8H,1H3,(H,16,17). The molecule has 0 amide bonds. The second kappa shape index (κ2) is 4.89. The Labute approximate surface area is 114 Å². The lowest BCUT2D eigenvalue weighted by atomic mass is 10.3. The summed E-state index contributed by atoms with van der Waals surface area (Å²) in [4.78, 5) is 6.88. The average Bonchev–Trinajstić information content (AvgIpc) is 2.47. The van der Waals surface area contributed by atoms with Gasteiger partial charge in [0.1, 0.15) is 11.6 Å². The number of aromatic nitrogens is 1. The summed E-state index contributed by atoms with van der Waals surface area (Å²) < 4.78 is 17.4. The molecule has 3 rings (SSSR count). The van der Waals surface area contributed by atoms with Gasteiger partial charge < -0.3 is 5.32 Å². The molecule has 0 aliphatic carbocycles. The fourth-order valence-corrected chi connectivity index (χ4v) is 2.45. The molecule has 1 N–H and O–H groups in total. The third-order valence-corrected chi connectivity index (χ3v) is 3.53. The zero-order valence-electron chi connectivity index (χ0n) is 10.2. The van der Waals surface area contributed by atoms with Crippen molar-refractivity contribution < 1.29 is 4.39 Å². The van der Waals surface area contributed by atoms with Crippen LogP contribution in [0.15, 0.2) is 51.9 Å². The summed E-state index contributed by atoms with van der Waals surface area (Å²) in [7, 11) is 1.88. The van der Waals surface area contributed by atoms with Gasteiger partial charge in [0.15, 0.2) is 0 Å². The quantitative estimate of drug-likeness (QED) is 0.811. The number of anilines is 2. The van der Waals surface area contributed by atoms with Crippen molar-refractivity contribution in [1.29, 1.82) is 0 Å². The molecular formula is C13H11FN4S. The van der Waals surface area contributed by atoms with Gasteiger partial charge in [-0.15, -0.1) is 0 Å². The summed E-state index contributed by atoms with van der Waals surface area (Å²) in [5, 5.41) is 3.17. The van der Waals surface area contributed by atoms with Gasteiger partial charge >= 0.3 is 0 Å². The van der Waals surface area contributed by atoms with E-state index in [1.807, 2.05) is 30.1 Å². The lowest BCUT2D eigenvalue weighted by Gasteiger charge is -2.24. The molecule has 1 aromatic heterocycles. The van der Waals surface area contributed by atoms with Crippen LogP contribution in [-0.2, 0) is 0 Å². The summed E-state index contributed by atoms with van der Waals surface area (Å²) in [5.74, 6) is 1.20. The largest absolute Gasteiger partial charge is 0.324 e. The van der Waals surface area contributed by atoms with E-state index in [1.54, 1.807) is 12.3 Å². The first kappa shape index (κ1) is 12.0. The molecule has 4 nitrogen and oxygen atoms in total. The molecule has 6 heteroatoms. The summed E-state index contributed by atoms with van der Waals surface area (Å²) in [5.41, 5.74) is 0.846. The van der Waals surface area contributed by atoms with Crippen LogP contribution in [-0.4, -0.2) is 18.0 Å². The number of hydrogen-bond acceptors (Lipinski definition) is 5. The van der Waals surface area contributed by atoms with Crippen LogP contribution in [0.2, 0.25) is 0 Å². The first-order valence-corrected chi connectivity index (χ1v) is 6.48. The number of guanidine groups is 1. The van der Waals surface area contributed by atoms with Crippen LogP contribution in [0.1, 0.15) is 0 Å². The molecule has 1 aliphatic heterocycles. The van der Waals surface area contributed by atoms with E-state index in [4.69, 9.17) is 0 Å². The highest BCUT2D eigenvalue weighted by Crippen LogP contribution is 2.33. The normalized spacial score (nSPS) is 13.3. The number of nitrogens with zero attached hydrogens (tertiary/aromatic N) is 3. The van der Waals surface area contributed by atoms with Crippen molar-refractivity contribution in [3.05, 3.63) is 48.4 Å². The fourth-order valence-electron chi connectivity index (χ4n) is 1.72. The van der Waals surface area contributed by atoms with Crippen molar-refractivity contribution in [3.8, 4) is 0 Å². The first-order valence-electron chi connectivity index (χ1n) is 5.70. The average molecular weight is 274 g/mol. The van der Waals surface area contributed by atoms with Crippen molar-refractivity contribution in [3.63, 3.8) is 0 Å². The van der Waals surface area contributed by atoms with Crippen molar-refractivity contribution >= 4 is 29.4 Å². The Kier molecular flexibility index (Phi) is 3.08. The number of hydrogen-bond donors (Lipinski definition) is 1. The Bertz CT molecular complexity index is 630. The van der Waals surface area contributed by atoms with E-state index in [0.717, 1.165) is 16.4 Å². The van der Waals surface area contributed by atoms with Gasteiger partial charge in [0, 0.05) is 25.2 Å². The van der Waals surface area contributed by atoms with E-state index in [1.165, 1.54) is 24.1 Å². The van der Waals surface area contributed by atoms with Gasteiger partial charge in [-0.25, -0.2) is 9.37 Å². The molecule has 19 heavy (non-hydrogen) atoms. The lowest BCUT2D eigenvalue weighted by Crippen LogP contribution is -2.34. The van der Waals surface area contributed by atoms with Crippen LogP contribution in [0, 0.1) is 5.82 Å². The SMILES string of the molecule is CN(C1=NSc2cc(F)ccc2N1)c1ccccn1. The number of nitrogens with one attached hydrogen (secondary N) is 1. The fraction of sp³-hybridized carbons (Fsp3) is 0.0769. The summed E-state index contributed by atoms with van der Waals surface area (Å²) >= 11 is 1.25. The predicted molar refractivity (Wildman–Crippen MR) is 76.0 cm³/mol. The smallest absolute Gasteiger partial charge is 0.215 e. The lowest BCUT2D eigenvalue weighted by molar-refractivity contribution is 0.624. The third kappa shape index (κ3) is 2.39. The molecule has 1 aromatic carbocycles. The highest BCUT2D eigenvalue weighted by atomic mass is 32.2. The van der Waals surface area contributed by atoms with Gasteiger partial charge in [-0.2, -0.15) is 4.40 Å². The molecule has 0 bridgehead atoms. The van der Waals surface area contributed by atoms with E-state index in [2.05, 4.69) is 14.7 Å². The third-order valence-electron chi connectivity index (χ3n) is 2.73. The van der Waals surface area contributed by atoms with Crippen LogP contribution in [0.25, 0.3) is 0 Å². The number of rotatable bonds is 1. The van der Waals surface area contributed by atoms with Gasteiger partial charge in [0.25, 0.3) is 0 Å². The molecule has 0 radical (unpaired) electrons. The summed E-state index contributed by atoms with van der Waals surface area (Å²) in [6.45, 7) is 0. The Morgan fingerprint density at radius 1 is 1.26 bits per heavy atom. The second-order valence-electron chi connectivity index (χ2n) is 4.02. The van der Waals surface area contributed by atoms with E-state index in [-0.39, 0.29) is 5.82 Å². The maximum Gasteiger partial charge on any atom is 0.215 e. The van der Waals surface area contributed by atoms with Crippen LogP contribution in [0.5, 0.6) is 0 Å². The molecule has 0 unspecified atom stereocenters. The monoisotopic (exact) mass is 274 g/mol. The number of halogens is 1. The Balaban J connectivity index is 1.86. The van der Waals surface area contributed by atoms with Crippen LogP contribution in [0.4, 0.5) is 15.9 Å². The van der Waals surface area contributed by atoms with Crippen molar-refractivity contribution in [2.24, 2.45) is 4.40 Å². The molecular weight excluding hydrogens is 263 g/mol. The molecule has 2 aromatic rings. The topological polar surface area (TPSA) is 40.5 Å². The maximum absolute atomic E-state index is 13.1. The van der Waals surface area contributed by atoms with Gasteiger partial charge in [-0.3, -0.25) is 4.90 Å². The van der Waals surface area contributed by atoms with Gasteiger partial charge in [-0.05, 0) is 30.3 Å². The highest BCUT2D eigenvalue weighted by Gasteiger charge is 2.17. The molecule has 0 fully saturated rings. The molecule has 0 atom stereocenters. The molecule has 96 valence electrons. The molecule has 0 saturated carbocycles. The predicted octanol–water partition coefficient (Wildman–Crippen LogP) is 3.15. The number of benzene rings is 1. The van der Waals surface area contributed by atoms with Crippen LogP contribution < -0.4 is 10.2 Å². The maximum atomic E-state index is 13.1. The van der Waals surface area contributed by atoms with Crippen LogP contribution in [0.3, 0.4) is 0 Å². The number of pyridine rings is 1. The van der Waals surface area contributed by atoms with Crippen LogP contribution >= 0.6 is 11.9 Å². The molecule has 1 aliphatic rings. The zero-order valence-corrected chi connectivity index (χ0v) is 11.0. The van der Waals surface area contributed by atoms with E-state index in [0.29, 0.717) is 5.96 Å². The van der Waals surface area contributed by atoms with Gasteiger partial charge in [-0.1, -0.05) is 6.07 Å². The van der Waals surface area contributed by atoms with Gasteiger partial charge in [0.05, 0.1) is 10.6 Å². The van der Waals surface area contributed by atoms with Crippen molar-refractivity contribution in [2.75, 3.05) is 17.3 Å². The summed E-state index contributed by atoms with van der Waals surface area (Å²) in [6.07, 6.45) is 1.73. The molecule has 2 heterocycles. The minimum Gasteiger partial charge on any atom is -0.324 e. The molecule has 0 spiro atoms. The van der Waals surface area contributed by atoms with E-state index in [9.17, 15) is 4.39 Å². The van der Waals surface area contributed by atoms with Crippen molar-refractivity contribution in [1.82, 2.24) is 4.98 Å². The second-order valence-corrected chi connectivity index (χ2v) is 4.82. The Hall–Kier alpha value is -2.08. The minimum absolute atomic E-state index is 0.259.